The molecule has 21 heavy (non-hydrogen) atoms. The zero-order valence-electron chi connectivity index (χ0n) is 14.5. The van der Waals surface area contributed by atoms with Gasteiger partial charge in [0.2, 0.25) is 0 Å². The molecule has 1 aliphatic rings. The normalized spacial score (nSPS) is 28.2. The highest BCUT2D eigenvalue weighted by molar-refractivity contribution is 5.74. The van der Waals surface area contributed by atoms with Gasteiger partial charge in [-0.15, -0.1) is 0 Å². The van der Waals surface area contributed by atoms with Gasteiger partial charge in [-0.25, -0.2) is 0 Å². The lowest BCUT2D eigenvalue weighted by Crippen LogP contribution is -2.38. The van der Waals surface area contributed by atoms with Crippen molar-refractivity contribution < 1.29 is 19.1 Å². The van der Waals surface area contributed by atoms with Gasteiger partial charge in [0.25, 0.3) is 0 Å². The van der Waals surface area contributed by atoms with E-state index >= 15 is 0 Å². The van der Waals surface area contributed by atoms with Crippen molar-refractivity contribution in [1.82, 2.24) is 0 Å². The summed E-state index contributed by atoms with van der Waals surface area (Å²) in [6.45, 7) is 12.0. The van der Waals surface area contributed by atoms with E-state index in [1.165, 1.54) is 7.11 Å². The van der Waals surface area contributed by atoms with E-state index in [2.05, 4.69) is 20.8 Å². The van der Waals surface area contributed by atoms with E-state index in [0.717, 1.165) is 19.3 Å². The van der Waals surface area contributed by atoms with E-state index in [0.29, 0.717) is 6.42 Å². The molecule has 0 bridgehead atoms. The largest absolute Gasteiger partial charge is 0.469 e. The molecule has 0 unspecified atom stereocenters. The Kier molecular flexibility index (Phi) is 5.12. The van der Waals surface area contributed by atoms with Gasteiger partial charge >= 0.3 is 11.9 Å². The van der Waals surface area contributed by atoms with E-state index in [1.54, 1.807) is 0 Å². The fourth-order valence-electron chi connectivity index (χ4n) is 3.34. The van der Waals surface area contributed by atoms with Gasteiger partial charge in [-0.3, -0.25) is 9.59 Å². The quantitative estimate of drug-likeness (QED) is 0.742. The van der Waals surface area contributed by atoms with Crippen LogP contribution in [0.4, 0.5) is 0 Å². The Balaban J connectivity index is 2.70. The zero-order chi connectivity index (χ0) is 16.5. The first kappa shape index (κ1) is 18.0. The summed E-state index contributed by atoms with van der Waals surface area (Å²) in [6.07, 6.45) is 2.89. The van der Waals surface area contributed by atoms with Crippen LogP contribution in [0.15, 0.2) is 0 Å². The summed E-state index contributed by atoms with van der Waals surface area (Å²) < 4.78 is 10.3. The zero-order valence-corrected chi connectivity index (χ0v) is 14.5. The second-order valence-electron chi connectivity index (χ2n) is 7.98. The van der Waals surface area contributed by atoms with E-state index in [-0.39, 0.29) is 28.7 Å². The molecule has 0 heterocycles. The van der Waals surface area contributed by atoms with Crippen LogP contribution in [0.5, 0.6) is 0 Å². The molecule has 4 nitrogen and oxygen atoms in total. The minimum Gasteiger partial charge on any atom is -0.469 e. The highest BCUT2D eigenvalue weighted by atomic mass is 16.6. The third-order valence-electron chi connectivity index (χ3n) is 5.20. The van der Waals surface area contributed by atoms with Gasteiger partial charge in [-0.2, -0.15) is 0 Å². The van der Waals surface area contributed by atoms with Crippen molar-refractivity contribution in [2.24, 2.45) is 16.7 Å². The molecule has 0 aromatic rings. The Hall–Kier alpha value is -1.06. The van der Waals surface area contributed by atoms with Gasteiger partial charge in [0, 0.05) is 6.42 Å². The van der Waals surface area contributed by atoms with Crippen molar-refractivity contribution in [1.29, 1.82) is 0 Å². The van der Waals surface area contributed by atoms with E-state index < -0.39 is 5.60 Å². The second kappa shape index (κ2) is 5.98. The molecule has 122 valence electrons. The van der Waals surface area contributed by atoms with Gasteiger partial charge in [0.1, 0.15) is 5.60 Å². The number of carbonyl (C=O) groups excluding carboxylic acids is 2. The molecule has 4 heteroatoms. The molecule has 0 amide bonds. The Bertz CT molecular complexity index is 406. The summed E-state index contributed by atoms with van der Waals surface area (Å²) in [7, 11) is 1.44. The summed E-state index contributed by atoms with van der Waals surface area (Å²) in [4.78, 5) is 23.9. The Labute approximate surface area is 128 Å². The SMILES string of the molecule is COC(=O)[C@H]1CC[C@@](C)(CCC(=O)OC(C)(C)C)C1(C)C. The standard InChI is InChI=1S/C17H30O4/c1-15(2,3)21-13(18)9-11-17(6)10-8-12(14(19)20-7)16(17,4)5/h12H,8-11H2,1-7H3/t12-,17+/m1/s1. The average molecular weight is 298 g/mol. The number of ether oxygens (including phenoxy) is 2. The summed E-state index contributed by atoms with van der Waals surface area (Å²) in [5.74, 6) is -0.395. The van der Waals surface area contributed by atoms with Crippen molar-refractivity contribution in [2.45, 2.75) is 72.8 Å². The first-order valence-corrected chi connectivity index (χ1v) is 7.73. The van der Waals surface area contributed by atoms with Crippen molar-refractivity contribution in [2.75, 3.05) is 7.11 Å². The van der Waals surface area contributed by atoms with Gasteiger partial charge < -0.3 is 9.47 Å². The summed E-state index contributed by atoms with van der Waals surface area (Å²) in [5, 5.41) is 0. The summed E-state index contributed by atoms with van der Waals surface area (Å²) >= 11 is 0. The number of hydrogen-bond acceptors (Lipinski definition) is 4. The Morgan fingerprint density at radius 3 is 2.24 bits per heavy atom. The van der Waals surface area contributed by atoms with Crippen LogP contribution in [0.2, 0.25) is 0 Å². The molecule has 1 aliphatic carbocycles. The molecule has 0 aromatic carbocycles. The molecule has 0 aromatic heterocycles. The lowest BCUT2D eigenvalue weighted by molar-refractivity contribution is -0.156. The minimum atomic E-state index is -0.447. The number of rotatable bonds is 4. The van der Waals surface area contributed by atoms with E-state index in [1.807, 2.05) is 20.8 Å². The molecular formula is C17H30O4. The lowest BCUT2D eigenvalue weighted by Gasteiger charge is -2.41. The molecule has 0 spiro atoms. The van der Waals surface area contributed by atoms with Crippen LogP contribution >= 0.6 is 0 Å². The maximum absolute atomic E-state index is 11.9. The van der Waals surface area contributed by atoms with Crippen LogP contribution in [0.25, 0.3) is 0 Å². The van der Waals surface area contributed by atoms with Crippen molar-refractivity contribution in [3.8, 4) is 0 Å². The number of carbonyl (C=O) groups is 2. The Morgan fingerprint density at radius 1 is 1.19 bits per heavy atom. The molecule has 1 rings (SSSR count). The highest BCUT2D eigenvalue weighted by Crippen LogP contribution is 2.58. The van der Waals surface area contributed by atoms with E-state index in [9.17, 15) is 9.59 Å². The third kappa shape index (κ3) is 3.98. The third-order valence-corrected chi connectivity index (χ3v) is 5.20. The van der Waals surface area contributed by atoms with Crippen LogP contribution in [0, 0.1) is 16.7 Å². The molecular weight excluding hydrogens is 268 g/mol. The van der Waals surface area contributed by atoms with E-state index in [4.69, 9.17) is 9.47 Å². The summed E-state index contributed by atoms with van der Waals surface area (Å²) in [5.41, 5.74) is -0.678. The van der Waals surface area contributed by atoms with Gasteiger partial charge in [-0.1, -0.05) is 20.8 Å². The molecule has 0 saturated heterocycles. The predicted octanol–water partition coefficient (Wildman–Crippen LogP) is 3.72. The first-order valence-electron chi connectivity index (χ1n) is 7.73. The second-order valence-corrected chi connectivity index (χ2v) is 7.98. The molecule has 0 N–H and O–H groups in total. The van der Waals surface area contributed by atoms with Gasteiger partial charge in [-0.05, 0) is 50.9 Å². The predicted molar refractivity (Wildman–Crippen MR) is 81.7 cm³/mol. The fourth-order valence-corrected chi connectivity index (χ4v) is 3.34. The topological polar surface area (TPSA) is 52.6 Å². The van der Waals surface area contributed by atoms with Crippen LogP contribution in [0.3, 0.4) is 0 Å². The first-order chi connectivity index (χ1) is 9.43. The number of hydrogen-bond donors (Lipinski definition) is 0. The lowest BCUT2D eigenvalue weighted by atomic mass is 9.64. The maximum atomic E-state index is 11.9. The molecule has 2 atom stereocenters. The number of esters is 2. The van der Waals surface area contributed by atoms with Crippen molar-refractivity contribution in [3.05, 3.63) is 0 Å². The van der Waals surface area contributed by atoms with Crippen LogP contribution in [0.1, 0.15) is 67.2 Å². The maximum Gasteiger partial charge on any atom is 0.309 e. The number of methoxy groups -OCH3 is 1. The van der Waals surface area contributed by atoms with Crippen LogP contribution in [-0.4, -0.2) is 24.6 Å². The van der Waals surface area contributed by atoms with Crippen LogP contribution < -0.4 is 0 Å². The highest BCUT2D eigenvalue weighted by Gasteiger charge is 2.54. The monoisotopic (exact) mass is 298 g/mol. The van der Waals surface area contributed by atoms with Crippen molar-refractivity contribution >= 4 is 11.9 Å². The van der Waals surface area contributed by atoms with Crippen LogP contribution in [-0.2, 0) is 19.1 Å². The molecule has 1 saturated carbocycles. The summed E-state index contributed by atoms with van der Waals surface area (Å²) in [6, 6.07) is 0. The molecule has 0 aliphatic heterocycles. The average Bonchev–Trinajstić information content (AvgIpc) is 2.56. The smallest absolute Gasteiger partial charge is 0.309 e. The van der Waals surface area contributed by atoms with Gasteiger partial charge in [0.05, 0.1) is 13.0 Å². The molecule has 1 fully saturated rings. The fraction of sp³-hybridized carbons (Fsp3) is 0.882. The Morgan fingerprint density at radius 2 is 1.76 bits per heavy atom. The van der Waals surface area contributed by atoms with Gasteiger partial charge in [0.15, 0.2) is 0 Å². The minimum absolute atomic E-state index is 0.0528. The molecule has 0 radical (unpaired) electrons. The van der Waals surface area contributed by atoms with Crippen molar-refractivity contribution in [3.63, 3.8) is 0 Å².